The van der Waals surface area contributed by atoms with Crippen LogP contribution in [-0.4, -0.2) is 9.97 Å². The minimum absolute atomic E-state index is 1.07. The lowest BCUT2D eigenvalue weighted by Gasteiger charge is -2.11. The van der Waals surface area contributed by atoms with Gasteiger partial charge in [0.05, 0.1) is 22.4 Å². The Morgan fingerprint density at radius 2 is 1.15 bits per heavy atom. The number of hydrogen-bond donors (Lipinski definition) is 0. The van der Waals surface area contributed by atoms with Gasteiger partial charge in [-0.15, -0.1) is 0 Å². The molecule has 0 fully saturated rings. The van der Waals surface area contributed by atoms with E-state index in [0.717, 1.165) is 23.9 Å². The topological polar surface area (TPSA) is 25.8 Å². The maximum Gasteiger partial charge on any atom is 0.0893 e. The summed E-state index contributed by atoms with van der Waals surface area (Å²) in [5, 5.41) is 0. The van der Waals surface area contributed by atoms with Crippen molar-refractivity contribution < 1.29 is 0 Å². The highest BCUT2D eigenvalue weighted by molar-refractivity contribution is 5.75. The van der Waals surface area contributed by atoms with Crippen molar-refractivity contribution in [3.05, 3.63) is 35.2 Å². The van der Waals surface area contributed by atoms with Crippen LogP contribution in [-0.2, 0) is 19.3 Å². The molecule has 1 aromatic carbocycles. The molecule has 0 atom stereocenters. The SMILES string of the molecule is CCCCCCc1ccc2nc(CCCCCC)c(CCCC)nc2c1. The summed E-state index contributed by atoms with van der Waals surface area (Å²) in [5.74, 6) is 0. The minimum atomic E-state index is 1.07. The van der Waals surface area contributed by atoms with Gasteiger partial charge in [-0.3, -0.25) is 0 Å². The first-order chi connectivity index (χ1) is 12.8. The van der Waals surface area contributed by atoms with Gasteiger partial charge < -0.3 is 0 Å². The molecule has 2 aromatic rings. The molecule has 26 heavy (non-hydrogen) atoms. The minimum Gasteiger partial charge on any atom is -0.249 e. The van der Waals surface area contributed by atoms with Gasteiger partial charge in [0.2, 0.25) is 0 Å². The highest BCUT2D eigenvalue weighted by Gasteiger charge is 2.09. The van der Waals surface area contributed by atoms with Crippen molar-refractivity contribution in [1.29, 1.82) is 0 Å². The zero-order chi connectivity index (χ0) is 18.6. The molecule has 0 saturated carbocycles. The Hall–Kier alpha value is -1.44. The summed E-state index contributed by atoms with van der Waals surface area (Å²) < 4.78 is 0. The molecule has 0 bridgehead atoms. The molecule has 144 valence electrons. The number of aryl methyl sites for hydroxylation is 3. The van der Waals surface area contributed by atoms with Gasteiger partial charge in [-0.1, -0.05) is 71.8 Å². The van der Waals surface area contributed by atoms with Crippen molar-refractivity contribution in [3.8, 4) is 0 Å². The van der Waals surface area contributed by atoms with Crippen molar-refractivity contribution in [2.24, 2.45) is 0 Å². The van der Waals surface area contributed by atoms with Gasteiger partial charge in [-0.2, -0.15) is 0 Å². The fourth-order valence-corrected chi connectivity index (χ4v) is 3.55. The number of aromatic nitrogens is 2. The van der Waals surface area contributed by atoms with E-state index in [0.29, 0.717) is 0 Å². The molecule has 0 aliphatic carbocycles. The summed E-state index contributed by atoms with van der Waals surface area (Å²) in [6.07, 6.45) is 16.2. The van der Waals surface area contributed by atoms with E-state index in [2.05, 4.69) is 39.0 Å². The monoisotopic (exact) mass is 354 g/mol. The Morgan fingerprint density at radius 3 is 1.81 bits per heavy atom. The predicted octanol–water partition coefficient (Wildman–Crippen LogP) is 7.22. The zero-order valence-corrected chi connectivity index (χ0v) is 17.3. The van der Waals surface area contributed by atoms with Crippen molar-refractivity contribution in [2.75, 3.05) is 0 Å². The van der Waals surface area contributed by atoms with Crippen LogP contribution in [0.2, 0.25) is 0 Å². The highest BCUT2D eigenvalue weighted by Crippen LogP contribution is 2.20. The summed E-state index contributed by atoms with van der Waals surface area (Å²) in [6, 6.07) is 6.73. The number of unbranched alkanes of at least 4 members (excludes halogenated alkanes) is 7. The molecule has 0 unspecified atom stereocenters. The predicted molar refractivity (Wildman–Crippen MR) is 114 cm³/mol. The third kappa shape index (κ3) is 6.70. The van der Waals surface area contributed by atoms with Gasteiger partial charge in [0.15, 0.2) is 0 Å². The van der Waals surface area contributed by atoms with Crippen LogP contribution in [0.5, 0.6) is 0 Å². The van der Waals surface area contributed by atoms with Gasteiger partial charge in [0.1, 0.15) is 0 Å². The summed E-state index contributed by atoms with van der Waals surface area (Å²) in [4.78, 5) is 10.1. The third-order valence-corrected chi connectivity index (χ3v) is 5.24. The number of fused-ring (bicyclic) bond motifs is 1. The lowest BCUT2D eigenvalue weighted by atomic mass is 10.0. The second kappa shape index (κ2) is 12.0. The largest absolute Gasteiger partial charge is 0.249 e. The van der Waals surface area contributed by atoms with E-state index in [-0.39, 0.29) is 0 Å². The van der Waals surface area contributed by atoms with Crippen LogP contribution in [0, 0.1) is 0 Å². The third-order valence-electron chi connectivity index (χ3n) is 5.24. The van der Waals surface area contributed by atoms with Gasteiger partial charge in [-0.05, 0) is 56.2 Å². The molecule has 1 aromatic heterocycles. The Balaban J connectivity index is 2.14. The van der Waals surface area contributed by atoms with E-state index in [1.807, 2.05) is 0 Å². The molecule has 2 nitrogen and oxygen atoms in total. The molecule has 0 N–H and O–H groups in total. The van der Waals surface area contributed by atoms with Crippen molar-refractivity contribution in [2.45, 2.75) is 104 Å². The van der Waals surface area contributed by atoms with Crippen LogP contribution in [0.25, 0.3) is 11.0 Å². The molecular formula is C24H38N2. The lowest BCUT2D eigenvalue weighted by Crippen LogP contribution is -2.04. The quantitative estimate of drug-likeness (QED) is 0.355. The standard InChI is InChI=1S/C24H38N2/c1-4-7-10-12-14-20-17-18-23-24(19-20)26-21(15-9-6-3)22(25-23)16-13-11-8-5-2/h17-19H,4-16H2,1-3H3. The first-order valence-electron chi connectivity index (χ1n) is 11.1. The molecule has 0 radical (unpaired) electrons. The average Bonchev–Trinajstić information content (AvgIpc) is 2.66. The molecule has 1 heterocycles. The molecule has 0 spiro atoms. The molecule has 0 aliphatic heterocycles. The number of rotatable bonds is 13. The van der Waals surface area contributed by atoms with Crippen LogP contribution in [0.15, 0.2) is 18.2 Å². The first kappa shape index (κ1) is 20.9. The van der Waals surface area contributed by atoms with Crippen LogP contribution in [0.1, 0.15) is 102 Å². The smallest absolute Gasteiger partial charge is 0.0893 e. The van der Waals surface area contributed by atoms with E-state index in [1.165, 1.54) is 87.6 Å². The number of nitrogens with zero attached hydrogens (tertiary/aromatic N) is 2. The van der Waals surface area contributed by atoms with Crippen LogP contribution < -0.4 is 0 Å². The Morgan fingerprint density at radius 1 is 0.577 bits per heavy atom. The van der Waals surface area contributed by atoms with Gasteiger partial charge in [0, 0.05) is 0 Å². The van der Waals surface area contributed by atoms with Crippen molar-refractivity contribution in [1.82, 2.24) is 9.97 Å². The molecule has 0 saturated heterocycles. The van der Waals surface area contributed by atoms with Crippen LogP contribution in [0.4, 0.5) is 0 Å². The zero-order valence-electron chi connectivity index (χ0n) is 17.3. The van der Waals surface area contributed by atoms with Gasteiger partial charge >= 0.3 is 0 Å². The normalized spacial score (nSPS) is 11.3. The highest BCUT2D eigenvalue weighted by atomic mass is 14.8. The molecule has 0 amide bonds. The molecule has 2 heteroatoms. The van der Waals surface area contributed by atoms with E-state index in [1.54, 1.807) is 0 Å². The fourth-order valence-electron chi connectivity index (χ4n) is 3.55. The van der Waals surface area contributed by atoms with Crippen LogP contribution in [0.3, 0.4) is 0 Å². The molecular weight excluding hydrogens is 316 g/mol. The van der Waals surface area contributed by atoms with Crippen molar-refractivity contribution in [3.63, 3.8) is 0 Å². The Kier molecular flexibility index (Phi) is 9.66. The van der Waals surface area contributed by atoms with Crippen molar-refractivity contribution >= 4 is 11.0 Å². The molecule has 0 aliphatic rings. The van der Waals surface area contributed by atoms with Crippen LogP contribution >= 0.6 is 0 Å². The van der Waals surface area contributed by atoms with E-state index in [4.69, 9.17) is 9.97 Å². The lowest BCUT2D eigenvalue weighted by molar-refractivity contribution is 0.653. The second-order valence-electron chi connectivity index (χ2n) is 7.66. The summed E-state index contributed by atoms with van der Waals surface area (Å²) in [6.45, 7) is 6.79. The van der Waals surface area contributed by atoms with Gasteiger partial charge in [0.25, 0.3) is 0 Å². The first-order valence-corrected chi connectivity index (χ1v) is 11.1. The van der Waals surface area contributed by atoms with Gasteiger partial charge in [-0.25, -0.2) is 9.97 Å². The van der Waals surface area contributed by atoms with E-state index in [9.17, 15) is 0 Å². The maximum absolute atomic E-state index is 5.05. The van der Waals surface area contributed by atoms with E-state index < -0.39 is 0 Å². The second-order valence-corrected chi connectivity index (χ2v) is 7.66. The summed E-state index contributed by atoms with van der Waals surface area (Å²) in [7, 11) is 0. The Labute approximate surface area is 160 Å². The average molecular weight is 355 g/mol. The fraction of sp³-hybridized carbons (Fsp3) is 0.667. The number of benzene rings is 1. The van der Waals surface area contributed by atoms with E-state index >= 15 is 0 Å². The maximum atomic E-state index is 5.05. The summed E-state index contributed by atoms with van der Waals surface area (Å²) >= 11 is 0. The summed E-state index contributed by atoms with van der Waals surface area (Å²) in [5.41, 5.74) is 6.09. The number of hydrogen-bond acceptors (Lipinski definition) is 2. The molecule has 2 rings (SSSR count). The Bertz CT molecular complexity index is 648.